The third-order valence-corrected chi connectivity index (χ3v) is 11.0. The Morgan fingerprint density at radius 3 is 2.52 bits per heavy atom. The molecule has 4 rings (SSSR count). The van der Waals surface area contributed by atoms with Crippen LogP contribution in [-0.4, -0.2) is 0 Å². The molecular formula is C31H52. The fourth-order valence-electron chi connectivity index (χ4n) is 9.43. The van der Waals surface area contributed by atoms with E-state index in [1.165, 1.54) is 82.6 Å². The highest BCUT2D eigenvalue weighted by Gasteiger charge is 2.59. The Bertz CT molecular complexity index is 682. The lowest BCUT2D eigenvalue weighted by Gasteiger charge is -2.58. The second-order valence-corrected chi connectivity index (χ2v) is 13.6. The SMILES string of the molecule is C=C(C)CC1CCC2(C)C(=CCC3C2CCC2(C)C(C(C)CCCC(C)C)CCC32)C1. The molecule has 8 unspecified atom stereocenters. The monoisotopic (exact) mass is 424 g/mol. The van der Waals surface area contributed by atoms with E-state index in [0.29, 0.717) is 10.8 Å². The standard InChI is InChI=1S/C31H52/c1-21(2)9-8-10-23(5)27-13-14-28-26-12-11-25-20-24(19-22(3)4)15-17-30(25,6)29(26)16-18-31(27,28)7/h11,21,23-24,26-29H,3,8-10,12-20H2,1-2,4-7H3. The molecule has 3 fully saturated rings. The topological polar surface area (TPSA) is 0 Å². The Hall–Kier alpha value is -0.520. The van der Waals surface area contributed by atoms with Crippen molar-refractivity contribution in [1.82, 2.24) is 0 Å². The van der Waals surface area contributed by atoms with E-state index >= 15 is 0 Å². The summed E-state index contributed by atoms with van der Waals surface area (Å²) >= 11 is 0. The summed E-state index contributed by atoms with van der Waals surface area (Å²) in [7, 11) is 0. The summed E-state index contributed by atoms with van der Waals surface area (Å²) in [5.41, 5.74) is 4.37. The predicted molar refractivity (Wildman–Crippen MR) is 136 cm³/mol. The van der Waals surface area contributed by atoms with Crippen LogP contribution in [0.1, 0.15) is 119 Å². The van der Waals surface area contributed by atoms with E-state index in [0.717, 1.165) is 41.4 Å². The molecule has 0 aromatic rings. The summed E-state index contributed by atoms with van der Waals surface area (Å²) in [5.74, 6) is 6.56. The van der Waals surface area contributed by atoms with Crippen LogP contribution in [0.25, 0.3) is 0 Å². The van der Waals surface area contributed by atoms with Crippen molar-refractivity contribution in [3.05, 3.63) is 23.8 Å². The zero-order valence-electron chi connectivity index (χ0n) is 21.8. The summed E-state index contributed by atoms with van der Waals surface area (Å²) in [6.45, 7) is 19.2. The zero-order valence-corrected chi connectivity index (χ0v) is 21.8. The fourth-order valence-corrected chi connectivity index (χ4v) is 9.43. The molecule has 4 aliphatic carbocycles. The third kappa shape index (κ3) is 4.36. The molecule has 0 heteroatoms. The van der Waals surface area contributed by atoms with Gasteiger partial charge in [-0.1, -0.05) is 71.1 Å². The van der Waals surface area contributed by atoms with Gasteiger partial charge in [0.1, 0.15) is 0 Å². The first-order valence-corrected chi connectivity index (χ1v) is 14.0. The van der Waals surface area contributed by atoms with Gasteiger partial charge in [-0.2, -0.15) is 0 Å². The Labute approximate surface area is 194 Å². The molecular weight excluding hydrogens is 372 g/mol. The van der Waals surface area contributed by atoms with Crippen LogP contribution in [0.2, 0.25) is 0 Å². The first-order valence-electron chi connectivity index (χ1n) is 14.0. The van der Waals surface area contributed by atoms with Crippen molar-refractivity contribution >= 4 is 0 Å². The van der Waals surface area contributed by atoms with Crippen molar-refractivity contribution in [2.45, 2.75) is 119 Å². The van der Waals surface area contributed by atoms with Gasteiger partial charge in [-0.25, -0.2) is 0 Å². The molecule has 0 nitrogen and oxygen atoms in total. The number of hydrogen-bond acceptors (Lipinski definition) is 0. The van der Waals surface area contributed by atoms with Crippen LogP contribution in [0, 0.1) is 52.3 Å². The van der Waals surface area contributed by atoms with Crippen LogP contribution >= 0.6 is 0 Å². The van der Waals surface area contributed by atoms with Crippen molar-refractivity contribution in [1.29, 1.82) is 0 Å². The van der Waals surface area contributed by atoms with E-state index in [-0.39, 0.29) is 0 Å². The molecule has 0 aromatic heterocycles. The van der Waals surface area contributed by atoms with Crippen LogP contribution < -0.4 is 0 Å². The molecule has 0 aliphatic heterocycles. The largest absolute Gasteiger partial charge is 0.100 e. The summed E-state index contributed by atoms with van der Waals surface area (Å²) < 4.78 is 0. The maximum atomic E-state index is 4.21. The number of allylic oxidation sites excluding steroid dienone is 3. The maximum Gasteiger partial charge on any atom is -0.00851 e. The normalized spacial score (nSPS) is 43.1. The average Bonchev–Trinajstić information content (AvgIpc) is 3.05. The molecule has 0 spiro atoms. The summed E-state index contributed by atoms with van der Waals surface area (Å²) in [5, 5.41) is 0. The van der Waals surface area contributed by atoms with Crippen molar-refractivity contribution in [3.63, 3.8) is 0 Å². The lowest BCUT2D eigenvalue weighted by atomic mass is 9.46. The maximum absolute atomic E-state index is 4.21. The Balaban J connectivity index is 1.47. The summed E-state index contributed by atoms with van der Waals surface area (Å²) in [6, 6.07) is 0. The molecule has 8 atom stereocenters. The van der Waals surface area contributed by atoms with Gasteiger partial charge in [0.2, 0.25) is 0 Å². The van der Waals surface area contributed by atoms with Gasteiger partial charge in [0.05, 0.1) is 0 Å². The fraction of sp³-hybridized carbons (Fsp3) is 0.871. The van der Waals surface area contributed by atoms with Crippen LogP contribution in [0.3, 0.4) is 0 Å². The van der Waals surface area contributed by atoms with Crippen molar-refractivity contribution in [2.75, 3.05) is 0 Å². The zero-order chi connectivity index (χ0) is 22.4. The minimum atomic E-state index is 0.511. The van der Waals surface area contributed by atoms with Crippen molar-refractivity contribution in [3.8, 4) is 0 Å². The lowest BCUT2D eigenvalue weighted by Crippen LogP contribution is -2.50. The molecule has 0 amide bonds. The number of fused-ring (bicyclic) bond motifs is 5. The molecule has 0 aromatic carbocycles. The summed E-state index contributed by atoms with van der Waals surface area (Å²) in [6.07, 6.45) is 20.0. The molecule has 4 aliphatic rings. The minimum absolute atomic E-state index is 0.511. The third-order valence-electron chi connectivity index (χ3n) is 11.0. The molecule has 0 radical (unpaired) electrons. The molecule has 0 N–H and O–H groups in total. The van der Waals surface area contributed by atoms with Gasteiger partial charge in [-0.15, -0.1) is 6.58 Å². The van der Waals surface area contributed by atoms with Gasteiger partial charge in [0.25, 0.3) is 0 Å². The van der Waals surface area contributed by atoms with E-state index < -0.39 is 0 Å². The predicted octanol–water partition coefficient (Wildman–Crippen LogP) is 9.61. The number of hydrogen-bond donors (Lipinski definition) is 0. The van der Waals surface area contributed by atoms with Gasteiger partial charge in [-0.05, 0) is 117 Å². The lowest BCUT2D eigenvalue weighted by molar-refractivity contribution is -0.0527. The highest BCUT2D eigenvalue weighted by molar-refractivity contribution is 5.25. The first kappa shape index (κ1) is 23.6. The first-order chi connectivity index (χ1) is 14.6. The van der Waals surface area contributed by atoms with Gasteiger partial charge in [-0.3, -0.25) is 0 Å². The van der Waals surface area contributed by atoms with Crippen LogP contribution in [0.15, 0.2) is 23.8 Å². The van der Waals surface area contributed by atoms with Crippen molar-refractivity contribution in [2.24, 2.45) is 52.3 Å². The van der Waals surface area contributed by atoms with Gasteiger partial charge >= 0.3 is 0 Å². The highest BCUT2D eigenvalue weighted by Crippen LogP contribution is 2.67. The van der Waals surface area contributed by atoms with Crippen LogP contribution in [0.5, 0.6) is 0 Å². The second kappa shape index (κ2) is 9.02. The average molecular weight is 425 g/mol. The molecule has 176 valence electrons. The van der Waals surface area contributed by atoms with E-state index in [2.05, 4.69) is 54.2 Å². The Morgan fingerprint density at radius 1 is 1.03 bits per heavy atom. The van der Waals surface area contributed by atoms with Crippen LogP contribution in [-0.2, 0) is 0 Å². The summed E-state index contributed by atoms with van der Waals surface area (Å²) in [4.78, 5) is 0. The molecule has 3 saturated carbocycles. The number of rotatable bonds is 7. The molecule has 0 bridgehead atoms. The van der Waals surface area contributed by atoms with Crippen molar-refractivity contribution < 1.29 is 0 Å². The molecule has 31 heavy (non-hydrogen) atoms. The molecule has 0 saturated heterocycles. The van der Waals surface area contributed by atoms with Gasteiger partial charge < -0.3 is 0 Å². The minimum Gasteiger partial charge on any atom is -0.100 e. The van der Waals surface area contributed by atoms with E-state index in [1.54, 1.807) is 0 Å². The quantitative estimate of drug-likeness (QED) is 0.357. The molecule has 0 heterocycles. The van der Waals surface area contributed by atoms with E-state index in [4.69, 9.17) is 0 Å². The highest BCUT2D eigenvalue weighted by atomic mass is 14.6. The second-order valence-electron chi connectivity index (χ2n) is 13.6. The van der Waals surface area contributed by atoms with E-state index in [1.807, 2.05) is 5.57 Å². The Kier molecular flexibility index (Phi) is 6.88. The Morgan fingerprint density at radius 2 is 1.81 bits per heavy atom. The van der Waals surface area contributed by atoms with Gasteiger partial charge in [0, 0.05) is 0 Å². The van der Waals surface area contributed by atoms with Gasteiger partial charge in [0.15, 0.2) is 0 Å². The smallest absolute Gasteiger partial charge is 0.00851 e. The van der Waals surface area contributed by atoms with E-state index in [9.17, 15) is 0 Å². The van der Waals surface area contributed by atoms with Crippen LogP contribution in [0.4, 0.5) is 0 Å².